The fourth-order valence-electron chi connectivity index (χ4n) is 3.93. The van der Waals surface area contributed by atoms with E-state index in [0.717, 1.165) is 16.6 Å². The van der Waals surface area contributed by atoms with Crippen LogP contribution in [0, 0.1) is 24.6 Å². The van der Waals surface area contributed by atoms with Gasteiger partial charge in [0.25, 0.3) is 0 Å². The largest absolute Gasteiger partial charge is 0.491 e. The van der Waals surface area contributed by atoms with Gasteiger partial charge < -0.3 is 10.1 Å². The van der Waals surface area contributed by atoms with Crippen LogP contribution >= 0.6 is 0 Å². The molecule has 0 bridgehead atoms. The number of benzene rings is 2. The number of ether oxygens (including phenoxy) is 1. The standard InChI is InChI=1S/C27H18F4N6O3/c1-16-7-9-20(13-17(16)8-10-21-15-32-23-6-3-11-33-36(21)23)34-26(39)37-22(18-4-2-5-19(28)12-18)14-24(35-37)40-25(38)27(29,30)31/h2-7,9,11-13,15,22H,14H2,1H3,(H,34,39). The molecule has 0 saturated heterocycles. The van der Waals surface area contributed by atoms with Crippen LogP contribution in [0.25, 0.3) is 5.65 Å². The summed E-state index contributed by atoms with van der Waals surface area (Å²) >= 11 is 0. The Bertz CT molecular complexity index is 1720. The first-order chi connectivity index (χ1) is 19.1. The van der Waals surface area contributed by atoms with Gasteiger partial charge in [-0.05, 0) is 60.4 Å². The second-order valence-corrected chi connectivity index (χ2v) is 8.65. The van der Waals surface area contributed by atoms with Crippen molar-refractivity contribution in [2.45, 2.75) is 25.6 Å². The minimum Gasteiger partial charge on any atom is -0.403 e. The molecule has 9 nitrogen and oxygen atoms in total. The summed E-state index contributed by atoms with van der Waals surface area (Å²) < 4.78 is 58.0. The number of rotatable bonds is 2. The summed E-state index contributed by atoms with van der Waals surface area (Å²) in [6.45, 7) is 1.83. The zero-order valence-electron chi connectivity index (χ0n) is 20.6. The number of esters is 1. The molecule has 13 heteroatoms. The molecule has 1 aliphatic heterocycles. The number of hydrogen-bond donors (Lipinski definition) is 1. The van der Waals surface area contributed by atoms with Gasteiger partial charge in [-0.25, -0.2) is 28.5 Å². The number of fused-ring (bicyclic) bond motifs is 1. The van der Waals surface area contributed by atoms with E-state index in [1.807, 2.05) is 6.92 Å². The highest BCUT2D eigenvalue weighted by molar-refractivity contribution is 5.96. The zero-order chi connectivity index (χ0) is 28.4. The van der Waals surface area contributed by atoms with E-state index >= 15 is 0 Å². The summed E-state index contributed by atoms with van der Waals surface area (Å²) in [7, 11) is 0. The number of nitrogens with zero attached hydrogens (tertiary/aromatic N) is 5. The summed E-state index contributed by atoms with van der Waals surface area (Å²) in [5.74, 6) is 2.29. The number of aromatic nitrogens is 3. The smallest absolute Gasteiger partial charge is 0.403 e. The fourth-order valence-corrected chi connectivity index (χ4v) is 3.93. The number of hydrazone groups is 1. The summed E-state index contributed by atoms with van der Waals surface area (Å²) in [6, 6.07) is 11.7. The first-order valence-electron chi connectivity index (χ1n) is 11.7. The van der Waals surface area contributed by atoms with Crippen molar-refractivity contribution < 1.29 is 31.9 Å². The lowest BCUT2D eigenvalue weighted by Crippen LogP contribution is -2.31. The van der Waals surface area contributed by atoms with E-state index in [-0.39, 0.29) is 12.0 Å². The SMILES string of the molecule is Cc1ccc(NC(=O)N2N=C(OC(=O)C(F)(F)F)CC2c2cccc(F)c2)cc1C#Cc1cnc2cccnn12. The number of alkyl halides is 3. The van der Waals surface area contributed by atoms with Crippen LogP contribution in [0.3, 0.4) is 0 Å². The molecule has 0 spiro atoms. The fraction of sp³-hybridized carbons (Fsp3) is 0.148. The number of anilines is 1. The summed E-state index contributed by atoms with van der Waals surface area (Å²) in [4.78, 5) is 28.8. The molecule has 0 fully saturated rings. The third-order valence-corrected chi connectivity index (χ3v) is 5.86. The normalized spacial score (nSPS) is 14.9. The third kappa shape index (κ3) is 5.60. The van der Waals surface area contributed by atoms with Crippen LogP contribution in [0.1, 0.15) is 34.8 Å². The van der Waals surface area contributed by atoms with E-state index < -0.39 is 35.9 Å². The molecule has 4 aromatic rings. The maximum absolute atomic E-state index is 13.9. The number of hydrogen-bond acceptors (Lipinski definition) is 6. The van der Waals surface area contributed by atoms with Gasteiger partial charge in [-0.1, -0.05) is 24.1 Å². The topological polar surface area (TPSA) is 101 Å². The number of imidazole rings is 1. The lowest BCUT2D eigenvalue weighted by Gasteiger charge is -2.22. The van der Waals surface area contributed by atoms with Gasteiger partial charge in [0.2, 0.25) is 5.90 Å². The van der Waals surface area contributed by atoms with E-state index in [1.165, 1.54) is 18.2 Å². The maximum atomic E-state index is 13.9. The van der Waals surface area contributed by atoms with Crippen molar-refractivity contribution >= 4 is 29.2 Å². The highest BCUT2D eigenvalue weighted by Crippen LogP contribution is 2.33. The minimum atomic E-state index is -5.26. The molecule has 0 radical (unpaired) electrons. The molecule has 2 aromatic heterocycles. The summed E-state index contributed by atoms with van der Waals surface area (Å²) in [6.07, 6.45) is -2.45. The molecule has 0 aliphatic carbocycles. The molecule has 1 aliphatic rings. The van der Waals surface area contributed by atoms with Gasteiger partial charge in [0, 0.05) is 17.4 Å². The molecule has 2 amide bonds. The number of amides is 2. The zero-order valence-corrected chi connectivity index (χ0v) is 20.6. The van der Waals surface area contributed by atoms with Crippen molar-refractivity contribution in [1.82, 2.24) is 19.6 Å². The maximum Gasteiger partial charge on any atom is 0.491 e. The van der Waals surface area contributed by atoms with Crippen molar-refractivity contribution in [1.29, 1.82) is 0 Å². The average Bonchev–Trinajstić information content (AvgIpc) is 3.53. The lowest BCUT2D eigenvalue weighted by molar-refractivity contribution is -0.191. The molecule has 2 aromatic carbocycles. The van der Waals surface area contributed by atoms with Gasteiger partial charge >= 0.3 is 18.2 Å². The monoisotopic (exact) mass is 550 g/mol. The predicted molar refractivity (Wildman–Crippen MR) is 134 cm³/mol. The molecular formula is C27H18F4N6O3. The van der Waals surface area contributed by atoms with Gasteiger partial charge in [-0.15, -0.1) is 5.10 Å². The molecule has 40 heavy (non-hydrogen) atoms. The van der Waals surface area contributed by atoms with Crippen molar-refractivity contribution in [3.8, 4) is 11.8 Å². The number of urea groups is 1. The van der Waals surface area contributed by atoms with Gasteiger partial charge in [-0.2, -0.15) is 18.3 Å². The first kappa shape index (κ1) is 26.4. The van der Waals surface area contributed by atoms with Gasteiger partial charge in [-0.3, -0.25) is 0 Å². The summed E-state index contributed by atoms with van der Waals surface area (Å²) in [5, 5.41) is 11.4. The van der Waals surface area contributed by atoms with E-state index in [4.69, 9.17) is 0 Å². The van der Waals surface area contributed by atoms with Crippen molar-refractivity contribution in [3.63, 3.8) is 0 Å². The molecule has 1 atom stereocenters. The molecule has 0 saturated carbocycles. The van der Waals surface area contributed by atoms with Gasteiger partial charge in [0.15, 0.2) is 5.65 Å². The van der Waals surface area contributed by atoms with Crippen LogP contribution in [0.5, 0.6) is 0 Å². The number of aryl methyl sites for hydroxylation is 1. The van der Waals surface area contributed by atoms with Crippen molar-refractivity contribution in [2.75, 3.05) is 5.32 Å². The van der Waals surface area contributed by atoms with Crippen LogP contribution < -0.4 is 5.32 Å². The lowest BCUT2D eigenvalue weighted by atomic mass is 10.0. The van der Waals surface area contributed by atoms with E-state index in [2.05, 4.69) is 37.1 Å². The summed E-state index contributed by atoms with van der Waals surface area (Å²) in [5.41, 5.74) is 3.12. The molecule has 202 valence electrons. The Morgan fingerprint density at radius 1 is 1.10 bits per heavy atom. The average molecular weight is 550 g/mol. The Balaban J connectivity index is 1.40. The number of carbonyl (C=O) groups excluding carboxylic acids is 2. The Labute approximate surface area is 224 Å². The Morgan fingerprint density at radius 3 is 2.70 bits per heavy atom. The highest BCUT2D eigenvalue weighted by atomic mass is 19.4. The number of carbonyl (C=O) groups is 2. The number of halogens is 4. The highest BCUT2D eigenvalue weighted by Gasteiger charge is 2.44. The van der Waals surface area contributed by atoms with Gasteiger partial charge in [0.1, 0.15) is 11.5 Å². The quantitative estimate of drug-likeness (QED) is 0.216. The molecule has 3 heterocycles. The second-order valence-electron chi connectivity index (χ2n) is 8.65. The van der Waals surface area contributed by atoms with Gasteiger partial charge in [0.05, 0.1) is 18.7 Å². The third-order valence-electron chi connectivity index (χ3n) is 5.86. The van der Waals surface area contributed by atoms with Crippen LogP contribution in [0.4, 0.5) is 28.0 Å². The first-order valence-corrected chi connectivity index (χ1v) is 11.7. The second kappa shape index (κ2) is 10.5. The van der Waals surface area contributed by atoms with E-state index in [0.29, 0.717) is 22.6 Å². The molecular weight excluding hydrogens is 532 g/mol. The van der Waals surface area contributed by atoms with Crippen molar-refractivity contribution in [2.24, 2.45) is 5.10 Å². The minimum absolute atomic E-state index is 0.245. The Kier molecular flexibility index (Phi) is 6.91. The van der Waals surface area contributed by atoms with E-state index in [9.17, 15) is 27.2 Å². The Morgan fingerprint density at radius 2 is 1.93 bits per heavy atom. The molecule has 1 unspecified atom stereocenters. The Hall–Kier alpha value is -5.25. The van der Waals surface area contributed by atoms with Crippen LogP contribution in [0.15, 0.2) is 72.1 Å². The predicted octanol–water partition coefficient (Wildman–Crippen LogP) is 4.97. The van der Waals surface area contributed by atoms with Crippen LogP contribution in [-0.4, -0.2) is 43.7 Å². The van der Waals surface area contributed by atoms with E-state index in [1.54, 1.807) is 47.2 Å². The van der Waals surface area contributed by atoms with Crippen LogP contribution in [0.2, 0.25) is 0 Å². The molecule has 1 N–H and O–H groups in total. The van der Waals surface area contributed by atoms with Crippen LogP contribution in [-0.2, 0) is 9.53 Å². The number of nitrogens with one attached hydrogen (secondary N) is 1. The van der Waals surface area contributed by atoms with Crippen molar-refractivity contribution in [3.05, 3.63) is 95.2 Å². The molecule has 5 rings (SSSR count).